The third-order valence-electron chi connectivity index (χ3n) is 2.90. The molecule has 1 aromatic rings. The van der Waals surface area contributed by atoms with Gasteiger partial charge in [-0.1, -0.05) is 12.1 Å². The van der Waals surface area contributed by atoms with Crippen LogP contribution in [0.25, 0.3) is 0 Å². The van der Waals surface area contributed by atoms with Crippen molar-refractivity contribution < 1.29 is 4.52 Å². The number of nitrogens with two attached hydrogens (primary N) is 1. The number of aromatic nitrogens is 2. The van der Waals surface area contributed by atoms with E-state index in [1.807, 2.05) is 0 Å². The molecule has 2 N–H and O–H groups in total. The van der Waals surface area contributed by atoms with Crippen LogP contribution >= 0.6 is 0 Å². The Bertz CT molecular complexity index is 297. The minimum Gasteiger partial charge on any atom is -0.339 e. The first kappa shape index (κ1) is 9.65. The van der Waals surface area contributed by atoms with Crippen LogP contribution in [0.5, 0.6) is 0 Å². The average Bonchev–Trinajstić information content (AvgIpc) is 2.74. The van der Waals surface area contributed by atoms with Gasteiger partial charge in [0.2, 0.25) is 5.89 Å². The van der Waals surface area contributed by atoms with Crippen LogP contribution in [0.4, 0.5) is 0 Å². The summed E-state index contributed by atoms with van der Waals surface area (Å²) < 4.78 is 5.23. The zero-order valence-corrected chi connectivity index (χ0v) is 8.57. The summed E-state index contributed by atoms with van der Waals surface area (Å²) in [5.74, 6) is 2.86. The lowest BCUT2D eigenvalue weighted by atomic mass is 10.1. The predicted octanol–water partition coefficient (Wildman–Crippen LogP) is 1.47. The van der Waals surface area contributed by atoms with Crippen LogP contribution in [0, 0.1) is 5.92 Å². The van der Waals surface area contributed by atoms with Gasteiger partial charge in [-0.15, -0.1) is 0 Å². The van der Waals surface area contributed by atoms with Crippen molar-refractivity contribution in [2.45, 2.75) is 38.5 Å². The summed E-state index contributed by atoms with van der Waals surface area (Å²) in [7, 11) is 0. The first-order chi connectivity index (χ1) is 6.79. The molecule has 1 heterocycles. The van der Waals surface area contributed by atoms with E-state index in [0.29, 0.717) is 18.9 Å². The zero-order chi connectivity index (χ0) is 9.97. The summed E-state index contributed by atoms with van der Waals surface area (Å²) in [6.07, 6.45) is 4.36. The van der Waals surface area contributed by atoms with Gasteiger partial charge in [0, 0.05) is 12.3 Å². The SMILES string of the molecule is CC1CCC(c2nc(CCN)no2)C1. The molecule has 0 amide bonds. The lowest BCUT2D eigenvalue weighted by Gasteiger charge is -2.01. The van der Waals surface area contributed by atoms with Gasteiger partial charge in [0.1, 0.15) is 0 Å². The Labute approximate surface area is 83.9 Å². The molecule has 4 heteroatoms. The quantitative estimate of drug-likeness (QED) is 0.793. The second-order valence-corrected chi connectivity index (χ2v) is 4.20. The highest BCUT2D eigenvalue weighted by Gasteiger charge is 2.27. The van der Waals surface area contributed by atoms with Crippen molar-refractivity contribution in [3.8, 4) is 0 Å². The van der Waals surface area contributed by atoms with Crippen molar-refractivity contribution in [2.75, 3.05) is 6.54 Å². The summed E-state index contributed by atoms with van der Waals surface area (Å²) >= 11 is 0. The van der Waals surface area contributed by atoms with E-state index in [0.717, 1.165) is 17.6 Å². The van der Waals surface area contributed by atoms with Crippen molar-refractivity contribution in [3.05, 3.63) is 11.7 Å². The van der Waals surface area contributed by atoms with Crippen LogP contribution < -0.4 is 5.73 Å². The molecule has 1 aromatic heterocycles. The van der Waals surface area contributed by atoms with Gasteiger partial charge >= 0.3 is 0 Å². The molecule has 0 spiro atoms. The van der Waals surface area contributed by atoms with Crippen LogP contribution in [-0.4, -0.2) is 16.7 Å². The van der Waals surface area contributed by atoms with Crippen molar-refractivity contribution in [1.82, 2.24) is 10.1 Å². The molecule has 2 unspecified atom stereocenters. The summed E-state index contributed by atoms with van der Waals surface area (Å²) in [6, 6.07) is 0. The van der Waals surface area contributed by atoms with Crippen molar-refractivity contribution in [3.63, 3.8) is 0 Å². The predicted molar refractivity (Wildman–Crippen MR) is 52.8 cm³/mol. The van der Waals surface area contributed by atoms with Crippen LogP contribution in [0.2, 0.25) is 0 Å². The van der Waals surface area contributed by atoms with Gasteiger partial charge < -0.3 is 10.3 Å². The minimum atomic E-state index is 0.490. The van der Waals surface area contributed by atoms with E-state index in [1.54, 1.807) is 0 Å². The molecule has 0 saturated heterocycles. The first-order valence-corrected chi connectivity index (χ1v) is 5.32. The first-order valence-electron chi connectivity index (χ1n) is 5.32. The molecular weight excluding hydrogens is 178 g/mol. The van der Waals surface area contributed by atoms with Crippen molar-refractivity contribution >= 4 is 0 Å². The van der Waals surface area contributed by atoms with E-state index in [9.17, 15) is 0 Å². The molecule has 78 valence electrons. The maximum atomic E-state index is 5.42. The van der Waals surface area contributed by atoms with E-state index < -0.39 is 0 Å². The van der Waals surface area contributed by atoms with Gasteiger partial charge in [-0.05, 0) is 31.7 Å². The van der Waals surface area contributed by atoms with E-state index in [1.165, 1.54) is 19.3 Å². The maximum Gasteiger partial charge on any atom is 0.229 e. The van der Waals surface area contributed by atoms with Crippen LogP contribution in [0.3, 0.4) is 0 Å². The van der Waals surface area contributed by atoms with Crippen LogP contribution in [-0.2, 0) is 6.42 Å². The smallest absolute Gasteiger partial charge is 0.229 e. The molecule has 2 rings (SSSR count). The lowest BCUT2D eigenvalue weighted by molar-refractivity contribution is 0.348. The monoisotopic (exact) mass is 195 g/mol. The summed E-state index contributed by atoms with van der Waals surface area (Å²) in [5.41, 5.74) is 5.42. The molecule has 14 heavy (non-hydrogen) atoms. The number of nitrogens with zero attached hydrogens (tertiary/aromatic N) is 2. The second kappa shape index (κ2) is 4.09. The standard InChI is InChI=1S/C10H17N3O/c1-7-2-3-8(6-7)10-12-9(4-5-11)13-14-10/h7-8H,2-6,11H2,1H3. The van der Waals surface area contributed by atoms with Crippen molar-refractivity contribution in [2.24, 2.45) is 11.7 Å². The topological polar surface area (TPSA) is 64.9 Å². The van der Waals surface area contributed by atoms with Crippen LogP contribution in [0.15, 0.2) is 4.52 Å². The zero-order valence-electron chi connectivity index (χ0n) is 8.57. The van der Waals surface area contributed by atoms with Gasteiger partial charge in [0.25, 0.3) is 0 Å². The molecule has 0 aromatic carbocycles. The van der Waals surface area contributed by atoms with E-state index in [2.05, 4.69) is 17.1 Å². The fraction of sp³-hybridized carbons (Fsp3) is 0.800. The molecule has 1 aliphatic rings. The highest BCUT2D eigenvalue weighted by atomic mass is 16.5. The minimum absolute atomic E-state index is 0.490. The fourth-order valence-electron chi connectivity index (χ4n) is 2.10. The van der Waals surface area contributed by atoms with Gasteiger partial charge in [-0.2, -0.15) is 4.98 Å². The van der Waals surface area contributed by atoms with E-state index in [4.69, 9.17) is 10.3 Å². The molecule has 1 aliphatic carbocycles. The Morgan fingerprint density at radius 1 is 1.50 bits per heavy atom. The Kier molecular flexibility index (Phi) is 2.82. The Morgan fingerprint density at radius 3 is 3.00 bits per heavy atom. The van der Waals surface area contributed by atoms with Crippen molar-refractivity contribution in [1.29, 1.82) is 0 Å². The Morgan fingerprint density at radius 2 is 2.36 bits per heavy atom. The molecule has 0 radical (unpaired) electrons. The molecule has 0 bridgehead atoms. The van der Waals surface area contributed by atoms with E-state index in [-0.39, 0.29) is 0 Å². The lowest BCUT2D eigenvalue weighted by Crippen LogP contribution is -2.04. The largest absolute Gasteiger partial charge is 0.339 e. The molecule has 4 nitrogen and oxygen atoms in total. The number of hydrogen-bond acceptors (Lipinski definition) is 4. The van der Waals surface area contributed by atoms with Gasteiger partial charge in [0.15, 0.2) is 5.82 Å². The third-order valence-corrected chi connectivity index (χ3v) is 2.90. The normalized spacial score (nSPS) is 27.0. The highest BCUT2D eigenvalue weighted by Crippen LogP contribution is 2.36. The van der Waals surface area contributed by atoms with Gasteiger partial charge in [0.05, 0.1) is 0 Å². The molecular formula is C10H17N3O. The van der Waals surface area contributed by atoms with Gasteiger partial charge in [-0.25, -0.2) is 0 Å². The summed E-state index contributed by atoms with van der Waals surface area (Å²) in [4.78, 5) is 4.36. The molecule has 2 atom stereocenters. The Hall–Kier alpha value is -0.900. The van der Waals surface area contributed by atoms with E-state index >= 15 is 0 Å². The second-order valence-electron chi connectivity index (χ2n) is 4.20. The van der Waals surface area contributed by atoms with Gasteiger partial charge in [-0.3, -0.25) is 0 Å². The maximum absolute atomic E-state index is 5.42. The highest BCUT2D eigenvalue weighted by molar-refractivity contribution is 4.97. The fourth-order valence-corrected chi connectivity index (χ4v) is 2.10. The average molecular weight is 195 g/mol. The number of rotatable bonds is 3. The third kappa shape index (κ3) is 1.95. The molecule has 1 fully saturated rings. The molecule has 0 aliphatic heterocycles. The Balaban J connectivity index is 2.02. The molecule has 1 saturated carbocycles. The summed E-state index contributed by atoms with van der Waals surface area (Å²) in [6.45, 7) is 2.86. The summed E-state index contributed by atoms with van der Waals surface area (Å²) in [5, 5.41) is 3.91. The number of hydrogen-bond donors (Lipinski definition) is 1. The van der Waals surface area contributed by atoms with Crippen LogP contribution in [0.1, 0.15) is 43.8 Å².